The predicted molar refractivity (Wildman–Crippen MR) is 104 cm³/mol. The van der Waals surface area contributed by atoms with Gasteiger partial charge in [0.05, 0.1) is 19.9 Å². The lowest BCUT2D eigenvalue weighted by Gasteiger charge is -2.13. The Kier molecular flexibility index (Phi) is 5.22. The standard InChI is InChI=1S/C20H22N4O2/c1-13-6-5-7-16(14(13)2)23-20-21-11-10-19(24-20)22-17-9-8-15(25-3)12-18(17)26-4/h5-12H,1-4H3,(H2,21,22,23,24). The van der Waals surface area contributed by atoms with Gasteiger partial charge in [-0.1, -0.05) is 12.1 Å². The fraction of sp³-hybridized carbons (Fsp3) is 0.200. The molecule has 3 rings (SSSR count). The van der Waals surface area contributed by atoms with Crippen molar-refractivity contribution in [2.75, 3.05) is 24.9 Å². The zero-order chi connectivity index (χ0) is 18.5. The highest BCUT2D eigenvalue weighted by Gasteiger charge is 2.08. The Morgan fingerprint density at radius 3 is 2.50 bits per heavy atom. The number of ether oxygens (including phenoxy) is 2. The predicted octanol–water partition coefficient (Wildman–Crippen LogP) is 4.60. The van der Waals surface area contributed by atoms with Crippen LogP contribution in [0.2, 0.25) is 0 Å². The Bertz CT molecular complexity index is 912. The van der Waals surface area contributed by atoms with Gasteiger partial charge in [-0.2, -0.15) is 4.98 Å². The van der Waals surface area contributed by atoms with Crippen LogP contribution in [-0.4, -0.2) is 24.2 Å². The quantitative estimate of drug-likeness (QED) is 0.677. The number of aromatic nitrogens is 2. The minimum absolute atomic E-state index is 0.524. The van der Waals surface area contributed by atoms with Crippen LogP contribution < -0.4 is 20.1 Å². The van der Waals surface area contributed by atoms with Crippen LogP contribution >= 0.6 is 0 Å². The van der Waals surface area contributed by atoms with Gasteiger partial charge < -0.3 is 20.1 Å². The molecule has 0 saturated carbocycles. The third kappa shape index (κ3) is 3.85. The monoisotopic (exact) mass is 350 g/mol. The summed E-state index contributed by atoms with van der Waals surface area (Å²) in [6.45, 7) is 4.15. The smallest absolute Gasteiger partial charge is 0.229 e. The van der Waals surface area contributed by atoms with Crippen LogP contribution in [-0.2, 0) is 0 Å². The molecule has 1 aromatic heterocycles. The zero-order valence-corrected chi connectivity index (χ0v) is 15.3. The van der Waals surface area contributed by atoms with Gasteiger partial charge in [0.1, 0.15) is 17.3 Å². The fourth-order valence-electron chi connectivity index (χ4n) is 2.54. The summed E-state index contributed by atoms with van der Waals surface area (Å²) in [4.78, 5) is 8.84. The van der Waals surface area contributed by atoms with Crippen LogP contribution in [0.1, 0.15) is 11.1 Å². The van der Waals surface area contributed by atoms with Gasteiger partial charge in [0, 0.05) is 18.0 Å². The summed E-state index contributed by atoms with van der Waals surface area (Å²) in [5, 5.41) is 6.53. The maximum absolute atomic E-state index is 5.41. The van der Waals surface area contributed by atoms with Crippen molar-refractivity contribution >= 4 is 23.1 Å². The molecule has 3 aromatic rings. The van der Waals surface area contributed by atoms with Crippen molar-refractivity contribution in [3.8, 4) is 11.5 Å². The van der Waals surface area contributed by atoms with Gasteiger partial charge in [0.25, 0.3) is 0 Å². The fourth-order valence-corrected chi connectivity index (χ4v) is 2.54. The molecule has 2 aromatic carbocycles. The highest BCUT2D eigenvalue weighted by atomic mass is 16.5. The van der Waals surface area contributed by atoms with Crippen molar-refractivity contribution in [3.63, 3.8) is 0 Å². The molecule has 0 amide bonds. The minimum Gasteiger partial charge on any atom is -0.497 e. The Morgan fingerprint density at radius 2 is 1.73 bits per heavy atom. The summed E-state index contributed by atoms with van der Waals surface area (Å²) in [5.74, 6) is 2.59. The first-order chi connectivity index (χ1) is 12.6. The topological polar surface area (TPSA) is 68.3 Å². The highest BCUT2D eigenvalue weighted by molar-refractivity contribution is 5.67. The second kappa shape index (κ2) is 7.74. The Balaban J connectivity index is 1.83. The highest BCUT2D eigenvalue weighted by Crippen LogP contribution is 2.31. The molecular formula is C20H22N4O2. The summed E-state index contributed by atoms with van der Waals surface area (Å²) >= 11 is 0. The van der Waals surface area contributed by atoms with E-state index < -0.39 is 0 Å². The Morgan fingerprint density at radius 1 is 0.885 bits per heavy atom. The zero-order valence-electron chi connectivity index (χ0n) is 15.3. The number of aryl methyl sites for hydroxylation is 1. The van der Waals surface area contributed by atoms with Gasteiger partial charge in [0.15, 0.2) is 0 Å². The lowest BCUT2D eigenvalue weighted by atomic mass is 10.1. The van der Waals surface area contributed by atoms with Gasteiger partial charge in [-0.3, -0.25) is 0 Å². The summed E-state index contributed by atoms with van der Waals surface area (Å²) in [5.41, 5.74) is 4.17. The second-order valence-electron chi connectivity index (χ2n) is 5.83. The van der Waals surface area contributed by atoms with E-state index in [-0.39, 0.29) is 0 Å². The van der Waals surface area contributed by atoms with Gasteiger partial charge in [-0.25, -0.2) is 4.98 Å². The SMILES string of the molecule is COc1ccc(Nc2ccnc(Nc3cccc(C)c3C)n2)c(OC)c1. The molecule has 0 spiro atoms. The maximum atomic E-state index is 5.41. The van der Waals surface area contributed by atoms with E-state index in [1.54, 1.807) is 26.5 Å². The second-order valence-corrected chi connectivity index (χ2v) is 5.83. The summed E-state index contributed by atoms with van der Waals surface area (Å²) < 4.78 is 10.6. The molecule has 0 radical (unpaired) electrons. The van der Waals surface area contributed by atoms with Gasteiger partial charge in [-0.05, 0) is 49.2 Å². The number of hydrogen-bond acceptors (Lipinski definition) is 6. The summed E-state index contributed by atoms with van der Waals surface area (Å²) in [6.07, 6.45) is 1.71. The van der Waals surface area contributed by atoms with Gasteiger partial charge in [-0.15, -0.1) is 0 Å². The van der Waals surface area contributed by atoms with E-state index in [1.807, 2.05) is 30.3 Å². The van der Waals surface area contributed by atoms with Crippen LogP contribution in [0.25, 0.3) is 0 Å². The van der Waals surface area contributed by atoms with E-state index in [2.05, 4.69) is 40.5 Å². The molecule has 0 aliphatic carbocycles. The largest absolute Gasteiger partial charge is 0.497 e. The van der Waals surface area contributed by atoms with Crippen molar-refractivity contribution in [2.24, 2.45) is 0 Å². The lowest BCUT2D eigenvalue weighted by molar-refractivity contribution is 0.395. The van der Waals surface area contributed by atoms with Crippen LogP contribution in [0.3, 0.4) is 0 Å². The molecule has 0 aliphatic rings. The molecule has 2 N–H and O–H groups in total. The first-order valence-electron chi connectivity index (χ1n) is 8.26. The molecular weight excluding hydrogens is 328 g/mol. The Labute approximate surface area is 153 Å². The molecule has 1 heterocycles. The van der Waals surface area contributed by atoms with Crippen LogP contribution in [0, 0.1) is 13.8 Å². The van der Waals surface area contributed by atoms with Crippen molar-refractivity contribution in [3.05, 3.63) is 59.8 Å². The molecule has 0 saturated heterocycles. The molecule has 134 valence electrons. The normalized spacial score (nSPS) is 10.3. The number of rotatable bonds is 6. The van der Waals surface area contributed by atoms with Crippen LogP contribution in [0.4, 0.5) is 23.1 Å². The minimum atomic E-state index is 0.524. The molecule has 6 nitrogen and oxygen atoms in total. The third-order valence-corrected chi connectivity index (χ3v) is 4.18. The van der Waals surface area contributed by atoms with Crippen molar-refractivity contribution in [2.45, 2.75) is 13.8 Å². The molecule has 6 heteroatoms. The van der Waals surface area contributed by atoms with E-state index in [1.165, 1.54) is 11.1 Å². The summed E-state index contributed by atoms with van der Waals surface area (Å²) in [7, 11) is 3.24. The molecule has 0 fully saturated rings. The molecule has 0 unspecified atom stereocenters. The van der Waals surface area contributed by atoms with E-state index >= 15 is 0 Å². The van der Waals surface area contributed by atoms with E-state index in [0.29, 0.717) is 17.5 Å². The van der Waals surface area contributed by atoms with E-state index in [9.17, 15) is 0 Å². The molecule has 0 bridgehead atoms. The number of nitrogens with one attached hydrogen (secondary N) is 2. The van der Waals surface area contributed by atoms with Crippen LogP contribution in [0.5, 0.6) is 11.5 Å². The maximum Gasteiger partial charge on any atom is 0.229 e. The van der Waals surface area contributed by atoms with Crippen molar-refractivity contribution in [1.29, 1.82) is 0 Å². The van der Waals surface area contributed by atoms with E-state index in [4.69, 9.17) is 9.47 Å². The summed E-state index contributed by atoms with van der Waals surface area (Å²) in [6, 6.07) is 13.5. The van der Waals surface area contributed by atoms with Crippen molar-refractivity contribution < 1.29 is 9.47 Å². The number of anilines is 4. The first-order valence-corrected chi connectivity index (χ1v) is 8.26. The number of benzene rings is 2. The molecule has 0 aliphatic heterocycles. The average Bonchev–Trinajstić information content (AvgIpc) is 2.66. The lowest BCUT2D eigenvalue weighted by Crippen LogP contribution is -2.02. The number of nitrogens with zero attached hydrogens (tertiary/aromatic N) is 2. The van der Waals surface area contributed by atoms with Crippen molar-refractivity contribution in [1.82, 2.24) is 9.97 Å². The first kappa shape index (κ1) is 17.5. The third-order valence-electron chi connectivity index (χ3n) is 4.18. The van der Waals surface area contributed by atoms with Gasteiger partial charge in [0.2, 0.25) is 5.95 Å². The van der Waals surface area contributed by atoms with Gasteiger partial charge >= 0.3 is 0 Å². The van der Waals surface area contributed by atoms with Crippen LogP contribution in [0.15, 0.2) is 48.7 Å². The molecule has 0 atom stereocenters. The molecule has 26 heavy (non-hydrogen) atoms. The van der Waals surface area contributed by atoms with E-state index in [0.717, 1.165) is 17.1 Å². The number of hydrogen-bond donors (Lipinski definition) is 2. The number of methoxy groups -OCH3 is 2. The Hall–Kier alpha value is -3.28. The average molecular weight is 350 g/mol.